The summed E-state index contributed by atoms with van der Waals surface area (Å²) < 4.78 is 5.63. The lowest BCUT2D eigenvalue weighted by atomic mass is 9.88. The van der Waals surface area contributed by atoms with Crippen LogP contribution in [0.15, 0.2) is 0 Å². The maximum absolute atomic E-state index is 10.2. The van der Waals surface area contributed by atoms with Crippen LogP contribution < -0.4 is 5.73 Å². The van der Waals surface area contributed by atoms with E-state index in [-0.39, 0.29) is 0 Å². The summed E-state index contributed by atoms with van der Waals surface area (Å²) in [6, 6.07) is 0. The van der Waals surface area contributed by atoms with Gasteiger partial charge in [-0.25, -0.2) is 0 Å². The van der Waals surface area contributed by atoms with Gasteiger partial charge in [-0.1, -0.05) is 19.3 Å². The fourth-order valence-electron chi connectivity index (χ4n) is 2.79. The van der Waals surface area contributed by atoms with Crippen LogP contribution in [-0.4, -0.2) is 30.5 Å². The Bertz CT molecular complexity index is 218. The first-order valence-electron chi connectivity index (χ1n) is 6.75. The van der Waals surface area contributed by atoms with E-state index in [2.05, 4.69) is 0 Å². The summed E-state index contributed by atoms with van der Waals surface area (Å²) in [5.74, 6) is 1.31. The lowest BCUT2D eigenvalue weighted by molar-refractivity contribution is -0.00463. The van der Waals surface area contributed by atoms with Gasteiger partial charge < -0.3 is 15.6 Å². The van der Waals surface area contributed by atoms with E-state index in [0.29, 0.717) is 12.5 Å². The topological polar surface area (TPSA) is 55.5 Å². The minimum Gasteiger partial charge on any atom is -0.388 e. The van der Waals surface area contributed by atoms with Crippen molar-refractivity contribution in [2.24, 2.45) is 17.6 Å². The van der Waals surface area contributed by atoms with Gasteiger partial charge in [-0.05, 0) is 37.5 Å². The molecule has 16 heavy (non-hydrogen) atoms. The monoisotopic (exact) mass is 227 g/mol. The third-order valence-electron chi connectivity index (χ3n) is 4.25. The molecule has 0 aromatic carbocycles. The second-order valence-electron chi connectivity index (χ2n) is 5.53. The highest BCUT2D eigenvalue weighted by molar-refractivity contribution is 4.92. The van der Waals surface area contributed by atoms with Crippen LogP contribution in [0.2, 0.25) is 0 Å². The molecule has 0 bridgehead atoms. The van der Waals surface area contributed by atoms with E-state index in [1.165, 1.54) is 19.3 Å². The molecule has 2 atom stereocenters. The minimum atomic E-state index is -0.597. The Morgan fingerprint density at radius 1 is 1.19 bits per heavy atom. The minimum absolute atomic E-state index is 0.360. The van der Waals surface area contributed by atoms with E-state index >= 15 is 0 Å². The van der Waals surface area contributed by atoms with Crippen molar-refractivity contribution in [1.29, 1.82) is 0 Å². The van der Waals surface area contributed by atoms with Gasteiger partial charge in [0.15, 0.2) is 0 Å². The molecule has 0 saturated heterocycles. The van der Waals surface area contributed by atoms with Crippen LogP contribution in [0.3, 0.4) is 0 Å². The van der Waals surface area contributed by atoms with Crippen molar-refractivity contribution in [2.75, 3.05) is 19.8 Å². The zero-order valence-electron chi connectivity index (χ0n) is 10.2. The first kappa shape index (κ1) is 12.3. The number of aliphatic hydroxyl groups is 1. The predicted octanol–water partition coefficient (Wildman–Crippen LogP) is 1.68. The van der Waals surface area contributed by atoms with E-state index < -0.39 is 5.60 Å². The van der Waals surface area contributed by atoms with Gasteiger partial charge >= 0.3 is 0 Å². The summed E-state index contributed by atoms with van der Waals surface area (Å²) in [6.07, 6.45) is 8.10. The lowest BCUT2D eigenvalue weighted by Crippen LogP contribution is -2.41. The third kappa shape index (κ3) is 3.19. The average molecular weight is 227 g/mol. The summed E-state index contributed by atoms with van der Waals surface area (Å²) in [7, 11) is 0. The number of nitrogens with two attached hydrogens (primary N) is 1. The van der Waals surface area contributed by atoms with Gasteiger partial charge in [-0.2, -0.15) is 0 Å². The van der Waals surface area contributed by atoms with Crippen molar-refractivity contribution in [3.8, 4) is 0 Å². The molecule has 2 fully saturated rings. The standard InChI is InChI=1S/C13H25NO2/c14-10-13(15)7-1-2-12(13)6-9-16-8-5-11-3-4-11/h11-12,15H,1-10,14H2. The Balaban J connectivity index is 1.57. The van der Waals surface area contributed by atoms with E-state index in [4.69, 9.17) is 10.5 Å². The van der Waals surface area contributed by atoms with Crippen molar-refractivity contribution < 1.29 is 9.84 Å². The van der Waals surface area contributed by atoms with Gasteiger partial charge in [-0.15, -0.1) is 0 Å². The summed E-state index contributed by atoms with van der Waals surface area (Å²) in [4.78, 5) is 0. The van der Waals surface area contributed by atoms with Crippen LogP contribution in [0.5, 0.6) is 0 Å². The normalized spacial score (nSPS) is 34.5. The molecule has 94 valence electrons. The fraction of sp³-hybridized carbons (Fsp3) is 1.00. The maximum Gasteiger partial charge on any atom is 0.0798 e. The highest BCUT2D eigenvalue weighted by Crippen LogP contribution is 2.37. The summed E-state index contributed by atoms with van der Waals surface area (Å²) in [6.45, 7) is 2.10. The molecular formula is C13H25NO2. The molecular weight excluding hydrogens is 202 g/mol. The number of hydrogen-bond acceptors (Lipinski definition) is 3. The van der Waals surface area contributed by atoms with Crippen LogP contribution >= 0.6 is 0 Å². The number of ether oxygens (including phenoxy) is 1. The molecule has 3 nitrogen and oxygen atoms in total. The van der Waals surface area contributed by atoms with Crippen molar-refractivity contribution in [1.82, 2.24) is 0 Å². The zero-order valence-corrected chi connectivity index (χ0v) is 10.2. The summed E-state index contributed by atoms with van der Waals surface area (Å²) >= 11 is 0. The van der Waals surface area contributed by atoms with Crippen molar-refractivity contribution >= 4 is 0 Å². The molecule has 0 heterocycles. The Morgan fingerprint density at radius 2 is 1.94 bits per heavy atom. The summed E-state index contributed by atoms with van der Waals surface area (Å²) in [5, 5.41) is 10.2. The van der Waals surface area contributed by atoms with E-state index in [1.54, 1.807) is 0 Å². The first-order chi connectivity index (χ1) is 7.74. The molecule has 0 aromatic heterocycles. The molecule has 0 radical (unpaired) electrons. The van der Waals surface area contributed by atoms with Crippen LogP contribution in [0.4, 0.5) is 0 Å². The molecule has 2 aliphatic rings. The third-order valence-corrected chi connectivity index (χ3v) is 4.25. The van der Waals surface area contributed by atoms with Crippen LogP contribution in [-0.2, 0) is 4.74 Å². The second kappa shape index (κ2) is 5.48. The average Bonchev–Trinajstić information content (AvgIpc) is 3.03. The van der Waals surface area contributed by atoms with Crippen LogP contribution in [0, 0.1) is 11.8 Å². The molecule has 0 aliphatic heterocycles. The molecule has 3 heteroatoms. The molecule has 0 spiro atoms. The molecule has 3 N–H and O–H groups in total. The largest absolute Gasteiger partial charge is 0.388 e. The Hall–Kier alpha value is -0.120. The number of hydrogen-bond donors (Lipinski definition) is 2. The van der Waals surface area contributed by atoms with Crippen molar-refractivity contribution in [3.05, 3.63) is 0 Å². The van der Waals surface area contributed by atoms with Crippen molar-refractivity contribution in [3.63, 3.8) is 0 Å². The predicted molar refractivity (Wildman–Crippen MR) is 64.1 cm³/mol. The lowest BCUT2D eigenvalue weighted by Gasteiger charge is -2.28. The van der Waals surface area contributed by atoms with E-state index in [1.807, 2.05) is 0 Å². The SMILES string of the molecule is NCC1(O)CCCC1CCOCCC1CC1. The molecule has 2 rings (SSSR count). The van der Waals surface area contributed by atoms with Gasteiger partial charge in [0.2, 0.25) is 0 Å². The van der Waals surface area contributed by atoms with Crippen LogP contribution in [0.25, 0.3) is 0 Å². The maximum atomic E-state index is 10.2. The quantitative estimate of drug-likeness (QED) is 0.651. The van der Waals surface area contributed by atoms with E-state index in [9.17, 15) is 5.11 Å². The molecule has 2 aliphatic carbocycles. The fourth-order valence-corrected chi connectivity index (χ4v) is 2.79. The molecule has 2 unspecified atom stereocenters. The van der Waals surface area contributed by atoms with E-state index in [0.717, 1.165) is 44.8 Å². The smallest absolute Gasteiger partial charge is 0.0798 e. The second-order valence-corrected chi connectivity index (χ2v) is 5.53. The highest BCUT2D eigenvalue weighted by Gasteiger charge is 2.39. The van der Waals surface area contributed by atoms with Gasteiger partial charge in [0.25, 0.3) is 0 Å². The van der Waals surface area contributed by atoms with Gasteiger partial charge in [0, 0.05) is 19.8 Å². The first-order valence-corrected chi connectivity index (χ1v) is 6.75. The highest BCUT2D eigenvalue weighted by atomic mass is 16.5. The molecule has 0 amide bonds. The summed E-state index contributed by atoms with van der Waals surface area (Å²) in [5.41, 5.74) is 5.05. The number of rotatable bonds is 7. The Labute approximate surface area is 98.4 Å². The molecule has 2 saturated carbocycles. The Kier molecular flexibility index (Phi) is 4.22. The Morgan fingerprint density at radius 3 is 2.62 bits per heavy atom. The van der Waals surface area contributed by atoms with Crippen molar-refractivity contribution in [2.45, 2.75) is 50.5 Å². The molecule has 0 aromatic rings. The van der Waals surface area contributed by atoms with Gasteiger partial charge in [0.05, 0.1) is 5.60 Å². The van der Waals surface area contributed by atoms with Crippen LogP contribution in [0.1, 0.15) is 44.9 Å². The van der Waals surface area contributed by atoms with Gasteiger partial charge in [-0.3, -0.25) is 0 Å². The zero-order chi connectivity index (χ0) is 11.4. The van der Waals surface area contributed by atoms with Gasteiger partial charge in [0.1, 0.15) is 0 Å².